The van der Waals surface area contributed by atoms with E-state index < -0.39 is 0 Å². The first kappa shape index (κ1) is 16.9. The molecule has 0 saturated carbocycles. The van der Waals surface area contributed by atoms with Crippen molar-refractivity contribution in [3.05, 3.63) is 53.8 Å². The Morgan fingerprint density at radius 1 is 1.27 bits per heavy atom. The number of hydrogen-bond donors (Lipinski definition) is 0. The Labute approximate surface area is 156 Å². The van der Waals surface area contributed by atoms with Crippen LogP contribution in [0.4, 0.5) is 0 Å². The molecule has 1 saturated heterocycles. The summed E-state index contributed by atoms with van der Waals surface area (Å²) in [5, 5.41) is 7.03. The normalized spacial score (nSPS) is 15.1. The molecule has 3 aromatic rings. The zero-order valence-corrected chi connectivity index (χ0v) is 15.4. The minimum absolute atomic E-state index is 0.0325. The Balaban J connectivity index is 1.51. The molecule has 0 N–H and O–H groups in total. The van der Waals surface area contributed by atoms with E-state index in [1.54, 1.807) is 11.1 Å². The summed E-state index contributed by atoms with van der Waals surface area (Å²) in [6, 6.07) is 10.1. The second kappa shape index (κ2) is 7.39. The van der Waals surface area contributed by atoms with Gasteiger partial charge < -0.3 is 9.64 Å². The van der Waals surface area contributed by atoms with Crippen molar-refractivity contribution in [2.75, 3.05) is 20.3 Å². The van der Waals surface area contributed by atoms with Gasteiger partial charge in [-0.1, -0.05) is 18.2 Å². The second-order valence-corrected chi connectivity index (χ2v) is 7.16. The van der Waals surface area contributed by atoms with Gasteiger partial charge in [-0.3, -0.25) is 4.79 Å². The van der Waals surface area contributed by atoms with Crippen LogP contribution >= 0.6 is 11.3 Å². The summed E-state index contributed by atoms with van der Waals surface area (Å²) in [5.74, 6) is -0.0325. The Kier molecular flexibility index (Phi) is 4.81. The molecule has 0 aliphatic carbocycles. The number of rotatable bonds is 4. The standard InChI is InChI=1S/C19H20N4O2S/c1-22(15-7-9-25-10-8-15)19(24)17-13-26-18(21-17)14-11-20-23(12-14)16-5-3-2-4-6-16/h2-6,11-13,15H,7-10H2,1H3. The number of nitrogens with zero attached hydrogens (tertiary/aromatic N) is 4. The minimum Gasteiger partial charge on any atom is -0.381 e. The maximum Gasteiger partial charge on any atom is 0.273 e. The monoisotopic (exact) mass is 368 g/mol. The van der Waals surface area contributed by atoms with Crippen LogP contribution in [0.3, 0.4) is 0 Å². The van der Waals surface area contributed by atoms with Crippen LogP contribution in [-0.2, 0) is 4.74 Å². The maximum absolute atomic E-state index is 12.7. The number of aromatic nitrogens is 3. The van der Waals surface area contributed by atoms with Crippen molar-refractivity contribution in [3.8, 4) is 16.3 Å². The second-order valence-electron chi connectivity index (χ2n) is 6.31. The fraction of sp³-hybridized carbons (Fsp3) is 0.316. The molecule has 1 fully saturated rings. The number of hydrogen-bond acceptors (Lipinski definition) is 5. The van der Waals surface area contributed by atoms with Crippen LogP contribution in [0.1, 0.15) is 23.3 Å². The van der Waals surface area contributed by atoms with Gasteiger partial charge in [-0.25, -0.2) is 9.67 Å². The molecule has 1 amide bonds. The lowest BCUT2D eigenvalue weighted by atomic mass is 10.1. The van der Waals surface area contributed by atoms with Gasteiger partial charge in [0.05, 0.1) is 11.9 Å². The highest BCUT2D eigenvalue weighted by atomic mass is 32.1. The van der Waals surface area contributed by atoms with Crippen LogP contribution in [0, 0.1) is 0 Å². The summed E-state index contributed by atoms with van der Waals surface area (Å²) >= 11 is 1.47. The lowest BCUT2D eigenvalue weighted by molar-refractivity contribution is 0.0359. The molecule has 26 heavy (non-hydrogen) atoms. The quantitative estimate of drug-likeness (QED) is 0.709. The topological polar surface area (TPSA) is 60.2 Å². The third-order valence-corrected chi connectivity index (χ3v) is 5.52. The molecule has 1 aliphatic rings. The van der Waals surface area contributed by atoms with Crippen molar-refractivity contribution in [1.29, 1.82) is 0 Å². The number of carbonyl (C=O) groups excluding carboxylic acids is 1. The fourth-order valence-corrected chi connectivity index (χ4v) is 3.85. The lowest BCUT2D eigenvalue weighted by Crippen LogP contribution is -2.40. The van der Waals surface area contributed by atoms with Crippen LogP contribution in [0.25, 0.3) is 16.3 Å². The van der Waals surface area contributed by atoms with Gasteiger partial charge in [0.25, 0.3) is 5.91 Å². The van der Waals surface area contributed by atoms with E-state index in [-0.39, 0.29) is 11.9 Å². The zero-order chi connectivity index (χ0) is 17.9. The Morgan fingerprint density at radius 2 is 2.04 bits per heavy atom. The molecule has 0 atom stereocenters. The van der Waals surface area contributed by atoms with E-state index in [1.807, 2.05) is 53.6 Å². The first-order valence-corrected chi connectivity index (χ1v) is 9.51. The number of thiazole rings is 1. The number of para-hydroxylation sites is 1. The van der Waals surface area contributed by atoms with Crippen LogP contribution in [0.5, 0.6) is 0 Å². The van der Waals surface area contributed by atoms with Crippen molar-refractivity contribution in [1.82, 2.24) is 19.7 Å². The summed E-state index contributed by atoms with van der Waals surface area (Å²) in [6.07, 6.45) is 5.47. The maximum atomic E-state index is 12.7. The number of ether oxygens (including phenoxy) is 1. The summed E-state index contributed by atoms with van der Waals surface area (Å²) < 4.78 is 7.19. The third kappa shape index (κ3) is 3.40. The van der Waals surface area contributed by atoms with Gasteiger partial charge in [0.15, 0.2) is 0 Å². The van der Waals surface area contributed by atoms with Crippen molar-refractivity contribution < 1.29 is 9.53 Å². The van der Waals surface area contributed by atoms with Gasteiger partial charge in [0.1, 0.15) is 10.7 Å². The Morgan fingerprint density at radius 3 is 2.81 bits per heavy atom. The first-order chi connectivity index (χ1) is 12.7. The van der Waals surface area contributed by atoms with Crippen LogP contribution in [0.15, 0.2) is 48.1 Å². The highest BCUT2D eigenvalue weighted by Crippen LogP contribution is 2.25. The molecular weight excluding hydrogens is 348 g/mol. The largest absolute Gasteiger partial charge is 0.381 e. The molecule has 0 bridgehead atoms. The molecule has 1 aliphatic heterocycles. The predicted octanol–water partition coefficient (Wildman–Crippen LogP) is 3.25. The molecule has 0 unspecified atom stereocenters. The van der Waals surface area contributed by atoms with Crippen molar-refractivity contribution in [2.24, 2.45) is 0 Å². The van der Waals surface area contributed by atoms with E-state index >= 15 is 0 Å². The molecule has 134 valence electrons. The molecule has 0 radical (unpaired) electrons. The van der Waals surface area contributed by atoms with Gasteiger partial charge in [-0.05, 0) is 25.0 Å². The van der Waals surface area contributed by atoms with E-state index in [1.165, 1.54) is 11.3 Å². The molecular formula is C19H20N4O2S. The summed E-state index contributed by atoms with van der Waals surface area (Å²) in [6.45, 7) is 1.42. The number of carbonyl (C=O) groups is 1. The molecule has 7 heteroatoms. The van der Waals surface area contributed by atoms with E-state index in [4.69, 9.17) is 4.74 Å². The zero-order valence-electron chi connectivity index (χ0n) is 14.5. The third-order valence-electron chi connectivity index (χ3n) is 4.63. The Hall–Kier alpha value is -2.51. The molecule has 0 spiro atoms. The van der Waals surface area contributed by atoms with E-state index in [9.17, 15) is 4.79 Å². The lowest BCUT2D eigenvalue weighted by Gasteiger charge is -2.30. The van der Waals surface area contributed by atoms with Crippen LogP contribution in [0.2, 0.25) is 0 Å². The van der Waals surface area contributed by atoms with Crippen molar-refractivity contribution in [2.45, 2.75) is 18.9 Å². The van der Waals surface area contributed by atoms with E-state index in [0.29, 0.717) is 18.9 Å². The highest BCUT2D eigenvalue weighted by Gasteiger charge is 2.25. The fourth-order valence-electron chi connectivity index (χ4n) is 3.08. The summed E-state index contributed by atoms with van der Waals surface area (Å²) in [5.41, 5.74) is 2.39. The number of benzene rings is 1. The summed E-state index contributed by atoms with van der Waals surface area (Å²) in [7, 11) is 1.85. The SMILES string of the molecule is CN(C(=O)c1csc(-c2cnn(-c3ccccc3)c2)n1)C1CCOCC1. The van der Waals surface area contributed by atoms with Gasteiger partial charge in [0, 0.05) is 43.4 Å². The van der Waals surface area contributed by atoms with Crippen molar-refractivity contribution >= 4 is 17.2 Å². The molecule has 2 aromatic heterocycles. The first-order valence-electron chi connectivity index (χ1n) is 8.63. The smallest absolute Gasteiger partial charge is 0.273 e. The molecule has 3 heterocycles. The van der Waals surface area contributed by atoms with Gasteiger partial charge in [0.2, 0.25) is 0 Å². The molecule has 6 nitrogen and oxygen atoms in total. The highest BCUT2D eigenvalue weighted by molar-refractivity contribution is 7.13. The minimum atomic E-state index is -0.0325. The summed E-state index contributed by atoms with van der Waals surface area (Å²) in [4.78, 5) is 19.1. The van der Waals surface area contributed by atoms with Crippen LogP contribution in [-0.4, -0.2) is 51.9 Å². The Bertz CT molecular complexity index is 884. The average molecular weight is 368 g/mol. The average Bonchev–Trinajstić information content (AvgIpc) is 3.38. The molecule has 4 rings (SSSR count). The number of amides is 1. The van der Waals surface area contributed by atoms with Crippen LogP contribution < -0.4 is 0 Å². The van der Waals surface area contributed by atoms with E-state index in [0.717, 1.165) is 29.1 Å². The van der Waals surface area contributed by atoms with Crippen molar-refractivity contribution in [3.63, 3.8) is 0 Å². The predicted molar refractivity (Wildman–Crippen MR) is 101 cm³/mol. The van der Waals surface area contributed by atoms with Gasteiger partial charge in [-0.2, -0.15) is 5.10 Å². The molecule has 1 aromatic carbocycles. The van der Waals surface area contributed by atoms with E-state index in [2.05, 4.69) is 10.1 Å². The van der Waals surface area contributed by atoms with Gasteiger partial charge in [-0.15, -0.1) is 11.3 Å². The van der Waals surface area contributed by atoms with Gasteiger partial charge >= 0.3 is 0 Å².